The van der Waals surface area contributed by atoms with E-state index in [0.29, 0.717) is 5.76 Å². The number of aliphatic hydroxyl groups is 1. The Balaban J connectivity index is 1.75. The summed E-state index contributed by atoms with van der Waals surface area (Å²) in [4.78, 5) is 0. The second kappa shape index (κ2) is 6.17. The number of halogens is 1. The minimum Gasteiger partial charge on any atom is -0.447 e. The van der Waals surface area contributed by atoms with Crippen LogP contribution in [0.1, 0.15) is 28.6 Å². The van der Waals surface area contributed by atoms with E-state index in [4.69, 9.17) is 16.0 Å². The largest absolute Gasteiger partial charge is 0.447 e. The Kier molecular flexibility index (Phi) is 4.09. The summed E-state index contributed by atoms with van der Waals surface area (Å²) < 4.78 is 5.24. The maximum absolute atomic E-state index is 10.2. The third-order valence-corrected chi connectivity index (χ3v) is 3.61. The molecular weight excluding hydrogens is 284 g/mol. The first-order valence-corrected chi connectivity index (χ1v) is 7.16. The molecule has 0 saturated carbocycles. The predicted molar refractivity (Wildman–Crippen MR) is 83.5 cm³/mol. The van der Waals surface area contributed by atoms with Gasteiger partial charge in [0, 0.05) is 0 Å². The molecule has 2 aromatic carbocycles. The fraction of sp³-hybridized carbons (Fsp3) is 0.111. The van der Waals surface area contributed by atoms with E-state index in [2.05, 4.69) is 12.1 Å². The Morgan fingerprint density at radius 2 is 1.52 bits per heavy atom. The van der Waals surface area contributed by atoms with Gasteiger partial charge in [0.15, 0.2) is 5.22 Å². The summed E-state index contributed by atoms with van der Waals surface area (Å²) in [5, 5.41) is 10.5. The zero-order chi connectivity index (χ0) is 14.7. The van der Waals surface area contributed by atoms with Crippen molar-refractivity contribution in [3.05, 3.63) is 94.4 Å². The number of hydrogen-bond donors (Lipinski definition) is 1. The third kappa shape index (κ3) is 3.35. The molecule has 1 N–H and O–H groups in total. The lowest BCUT2D eigenvalue weighted by Crippen LogP contribution is -1.98. The number of rotatable bonds is 4. The van der Waals surface area contributed by atoms with Crippen molar-refractivity contribution in [3.8, 4) is 0 Å². The van der Waals surface area contributed by atoms with Gasteiger partial charge in [0.25, 0.3) is 0 Å². The lowest BCUT2D eigenvalue weighted by Gasteiger charge is -2.09. The molecule has 2 nitrogen and oxygen atoms in total. The Morgan fingerprint density at radius 1 is 0.857 bits per heavy atom. The number of hydrogen-bond acceptors (Lipinski definition) is 2. The molecule has 0 amide bonds. The van der Waals surface area contributed by atoms with Crippen LogP contribution in [-0.4, -0.2) is 5.11 Å². The normalized spacial score (nSPS) is 12.3. The first kappa shape index (κ1) is 13.9. The van der Waals surface area contributed by atoms with Gasteiger partial charge in [-0.3, -0.25) is 0 Å². The van der Waals surface area contributed by atoms with Crippen LogP contribution >= 0.6 is 11.6 Å². The van der Waals surface area contributed by atoms with Gasteiger partial charge in [-0.1, -0.05) is 54.6 Å². The van der Waals surface area contributed by atoms with Gasteiger partial charge in [0.05, 0.1) is 0 Å². The molecule has 1 atom stereocenters. The fourth-order valence-corrected chi connectivity index (χ4v) is 2.44. The molecule has 106 valence electrons. The minimum absolute atomic E-state index is 0.282. The summed E-state index contributed by atoms with van der Waals surface area (Å²) in [5.41, 5.74) is 3.26. The summed E-state index contributed by atoms with van der Waals surface area (Å²) in [5.74, 6) is 0.454. The quantitative estimate of drug-likeness (QED) is 0.763. The van der Waals surface area contributed by atoms with E-state index in [1.54, 1.807) is 12.1 Å². The van der Waals surface area contributed by atoms with E-state index >= 15 is 0 Å². The minimum atomic E-state index is -0.789. The van der Waals surface area contributed by atoms with E-state index in [0.717, 1.165) is 12.0 Å². The van der Waals surface area contributed by atoms with E-state index < -0.39 is 6.10 Å². The van der Waals surface area contributed by atoms with Crippen molar-refractivity contribution in [1.82, 2.24) is 0 Å². The van der Waals surface area contributed by atoms with Crippen LogP contribution in [0.5, 0.6) is 0 Å². The first-order valence-electron chi connectivity index (χ1n) is 6.78. The molecule has 3 heteroatoms. The fourth-order valence-electron chi connectivity index (χ4n) is 2.29. The monoisotopic (exact) mass is 298 g/mol. The van der Waals surface area contributed by atoms with E-state index in [-0.39, 0.29) is 5.22 Å². The third-order valence-electron chi connectivity index (χ3n) is 3.41. The molecule has 1 heterocycles. The van der Waals surface area contributed by atoms with Crippen LogP contribution in [0.2, 0.25) is 5.22 Å². The van der Waals surface area contributed by atoms with Crippen molar-refractivity contribution in [2.24, 2.45) is 0 Å². The van der Waals surface area contributed by atoms with Crippen LogP contribution in [0.15, 0.2) is 71.1 Å². The highest BCUT2D eigenvalue weighted by Crippen LogP contribution is 2.26. The van der Waals surface area contributed by atoms with E-state index in [9.17, 15) is 5.11 Å². The van der Waals surface area contributed by atoms with Gasteiger partial charge in [0.1, 0.15) is 11.9 Å². The highest BCUT2D eigenvalue weighted by atomic mass is 35.5. The lowest BCUT2D eigenvalue weighted by atomic mass is 10.0. The number of furan rings is 1. The highest BCUT2D eigenvalue weighted by Gasteiger charge is 2.14. The summed E-state index contributed by atoms with van der Waals surface area (Å²) in [6.07, 6.45) is 0.0901. The zero-order valence-corrected chi connectivity index (χ0v) is 12.1. The SMILES string of the molecule is OC(c1ccc(Cc2ccccc2)cc1)c1ccc(Cl)o1. The van der Waals surface area contributed by atoms with Crippen molar-refractivity contribution < 1.29 is 9.52 Å². The van der Waals surface area contributed by atoms with E-state index in [1.807, 2.05) is 42.5 Å². The van der Waals surface area contributed by atoms with Gasteiger partial charge in [-0.2, -0.15) is 0 Å². The van der Waals surface area contributed by atoms with Crippen LogP contribution in [0.4, 0.5) is 0 Å². The topological polar surface area (TPSA) is 33.4 Å². The number of aliphatic hydroxyl groups excluding tert-OH is 1. The Labute approximate surface area is 128 Å². The molecule has 0 saturated heterocycles. The molecule has 3 rings (SSSR count). The van der Waals surface area contributed by atoms with Crippen molar-refractivity contribution in [2.75, 3.05) is 0 Å². The van der Waals surface area contributed by atoms with Crippen molar-refractivity contribution in [3.63, 3.8) is 0 Å². The molecule has 0 spiro atoms. The molecule has 1 aromatic heterocycles. The van der Waals surface area contributed by atoms with Crippen LogP contribution in [0.3, 0.4) is 0 Å². The molecule has 0 aliphatic heterocycles. The first-order chi connectivity index (χ1) is 10.2. The van der Waals surface area contributed by atoms with Crippen molar-refractivity contribution in [1.29, 1.82) is 0 Å². The summed E-state index contributed by atoms with van der Waals surface area (Å²) in [6.45, 7) is 0. The van der Waals surface area contributed by atoms with Crippen molar-refractivity contribution >= 4 is 11.6 Å². The average Bonchev–Trinajstić information content (AvgIpc) is 2.95. The van der Waals surface area contributed by atoms with E-state index in [1.165, 1.54) is 11.1 Å². The van der Waals surface area contributed by atoms with Gasteiger partial charge >= 0.3 is 0 Å². The summed E-state index contributed by atoms with van der Waals surface area (Å²) in [7, 11) is 0. The Bertz CT molecular complexity index is 702. The Morgan fingerprint density at radius 3 is 2.14 bits per heavy atom. The highest BCUT2D eigenvalue weighted by molar-refractivity contribution is 6.28. The maximum atomic E-state index is 10.2. The molecule has 0 fully saturated rings. The molecule has 3 aromatic rings. The van der Waals surface area contributed by atoms with Crippen LogP contribution in [0, 0.1) is 0 Å². The summed E-state index contributed by atoms with van der Waals surface area (Å²) >= 11 is 5.73. The Hall–Kier alpha value is -2.03. The average molecular weight is 299 g/mol. The zero-order valence-electron chi connectivity index (χ0n) is 11.4. The van der Waals surface area contributed by atoms with Crippen LogP contribution in [0.25, 0.3) is 0 Å². The van der Waals surface area contributed by atoms with Crippen molar-refractivity contribution in [2.45, 2.75) is 12.5 Å². The van der Waals surface area contributed by atoms with Gasteiger partial charge < -0.3 is 9.52 Å². The van der Waals surface area contributed by atoms with Crippen LogP contribution < -0.4 is 0 Å². The predicted octanol–water partition coefficient (Wildman–Crippen LogP) is 4.61. The molecule has 0 aliphatic carbocycles. The second-order valence-electron chi connectivity index (χ2n) is 4.95. The maximum Gasteiger partial charge on any atom is 0.193 e. The molecule has 0 aliphatic rings. The standard InChI is InChI=1S/C18H15ClO2/c19-17-11-10-16(21-17)18(20)15-8-6-14(7-9-15)12-13-4-2-1-3-5-13/h1-11,18,20H,12H2. The molecule has 0 radical (unpaired) electrons. The molecule has 1 unspecified atom stereocenters. The second-order valence-corrected chi connectivity index (χ2v) is 5.32. The number of benzene rings is 2. The lowest BCUT2D eigenvalue weighted by molar-refractivity contribution is 0.189. The van der Waals surface area contributed by atoms with Gasteiger partial charge in [0.2, 0.25) is 0 Å². The van der Waals surface area contributed by atoms with Crippen LogP contribution in [-0.2, 0) is 6.42 Å². The van der Waals surface area contributed by atoms with Gasteiger partial charge in [-0.15, -0.1) is 0 Å². The molecule has 0 bridgehead atoms. The molecular formula is C18H15ClO2. The smallest absolute Gasteiger partial charge is 0.193 e. The summed E-state index contributed by atoms with van der Waals surface area (Å²) in [6, 6.07) is 21.5. The molecule has 21 heavy (non-hydrogen) atoms. The van der Waals surface area contributed by atoms with Gasteiger partial charge in [-0.05, 0) is 46.8 Å². The van der Waals surface area contributed by atoms with Gasteiger partial charge in [-0.25, -0.2) is 0 Å².